The van der Waals surface area contributed by atoms with Crippen LogP contribution in [0, 0.1) is 5.82 Å². The maximum absolute atomic E-state index is 13.6. The minimum atomic E-state index is -0.349. The van der Waals surface area contributed by atoms with Crippen LogP contribution in [0.25, 0.3) is 11.3 Å². The Bertz CT molecular complexity index is 525. The van der Waals surface area contributed by atoms with Crippen molar-refractivity contribution in [2.75, 3.05) is 6.26 Å². The molecular formula is C11H10ClFN2S. The van der Waals surface area contributed by atoms with Gasteiger partial charge >= 0.3 is 0 Å². The van der Waals surface area contributed by atoms with E-state index in [2.05, 4.69) is 5.10 Å². The van der Waals surface area contributed by atoms with Crippen molar-refractivity contribution in [2.45, 2.75) is 5.03 Å². The van der Waals surface area contributed by atoms with Gasteiger partial charge in [-0.3, -0.25) is 4.68 Å². The number of rotatable bonds is 2. The molecule has 2 nitrogen and oxygen atoms in total. The molecule has 0 fully saturated rings. The Hall–Kier alpha value is -1.00. The van der Waals surface area contributed by atoms with E-state index in [9.17, 15) is 4.39 Å². The van der Waals surface area contributed by atoms with E-state index in [0.717, 1.165) is 5.03 Å². The summed E-state index contributed by atoms with van der Waals surface area (Å²) in [6.07, 6.45) is 1.96. The molecule has 0 amide bonds. The number of nitrogens with zero attached hydrogens (tertiary/aromatic N) is 2. The fraction of sp³-hybridized carbons (Fsp3) is 0.182. The van der Waals surface area contributed by atoms with E-state index in [1.165, 1.54) is 6.07 Å². The van der Waals surface area contributed by atoms with Gasteiger partial charge in [-0.1, -0.05) is 11.6 Å². The Balaban J connectivity index is 2.50. The normalized spacial score (nSPS) is 10.8. The number of benzene rings is 1. The van der Waals surface area contributed by atoms with Crippen LogP contribution in [0.5, 0.6) is 0 Å². The quantitative estimate of drug-likeness (QED) is 0.764. The summed E-state index contributed by atoms with van der Waals surface area (Å²) in [5.41, 5.74) is 1.10. The summed E-state index contributed by atoms with van der Waals surface area (Å²) >= 11 is 7.27. The molecule has 0 bridgehead atoms. The van der Waals surface area contributed by atoms with Gasteiger partial charge in [-0.2, -0.15) is 5.10 Å². The smallest absolute Gasteiger partial charge is 0.134 e. The Morgan fingerprint density at radius 3 is 2.69 bits per heavy atom. The van der Waals surface area contributed by atoms with Crippen LogP contribution >= 0.6 is 23.4 Å². The number of thioether (sulfide) groups is 1. The molecule has 16 heavy (non-hydrogen) atoms. The highest BCUT2D eigenvalue weighted by Crippen LogP contribution is 2.27. The Kier molecular flexibility index (Phi) is 3.21. The van der Waals surface area contributed by atoms with Gasteiger partial charge in [0.25, 0.3) is 0 Å². The molecule has 0 spiro atoms. The first kappa shape index (κ1) is 11.5. The molecule has 0 unspecified atom stereocenters. The third-order valence-corrected chi connectivity index (χ3v) is 3.29. The summed E-state index contributed by atoms with van der Waals surface area (Å²) in [6, 6.07) is 6.46. The average molecular weight is 257 g/mol. The molecule has 5 heteroatoms. The van der Waals surface area contributed by atoms with Gasteiger partial charge in [-0.15, -0.1) is 11.8 Å². The molecule has 0 N–H and O–H groups in total. The molecule has 0 aliphatic carbocycles. The molecule has 2 rings (SSSR count). The first-order valence-corrected chi connectivity index (χ1v) is 6.25. The Morgan fingerprint density at radius 1 is 1.38 bits per heavy atom. The lowest BCUT2D eigenvalue weighted by Crippen LogP contribution is -1.92. The zero-order chi connectivity index (χ0) is 11.7. The standard InChI is InChI=1S/C11H10ClFN2S/c1-15-11(16-2)6-10(14-15)8-4-3-7(12)5-9(8)13/h3-6H,1-2H3. The van der Waals surface area contributed by atoms with Crippen LogP contribution in [-0.4, -0.2) is 16.0 Å². The highest BCUT2D eigenvalue weighted by Gasteiger charge is 2.10. The lowest BCUT2D eigenvalue weighted by atomic mass is 10.1. The molecule has 1 heterocycles. The third-order valence-electron chi connectivity index (χ3n) is 2.25. The predicted octanol–water partition coefficient (Wildman–Crippen LogP) is 3.60. The van der Waals surface area contributed by atoms with Crippen LogP contribution in [0.3, 0.4) is 0 Å². The molecule has 0 saturated carbocycles. The molecule has 1 aromatic carbocycles. The molecule has 0 aliphatic heterocycles. The van der Waals surface area contributed by atoms with Gasteiger partial charge in [-0.25, -0.2) is 4.39 Å². The van der Waals surface area contributed by atoms with E-state index >= 15 is 0 Å². The number of halogens is 2. The molecule has 0 atom stereocenters. The van der Waals surface area contributed by atoms with Crippen LogP contribution in [0.1, 0.15) is 0 Å². The molecular weight excluding hydrogens is 247 g/mol. The van der Waals surface area contributed by atoms with E-state index in [4.69, 9.17) is 11.6 Å². The molecule has 2 aromatic rings. The fourth-order valence-electron chi connectivity index (χ4n) is 1.47. The first-order valence-electron chi connectivity index (χ1n) is 4.65. The van der Waals surface area contributed by atoms with Gasteiger partial charge < -0.3 is 0 Å². The second-order valence-electron chi connectivity index (χ2n) is 3.32. The molecule has 0 radical (unpaired) electrons. The van der Waals surface area contributed by atoms with E-state index < -0.39 is 0 Å². The molecule has 1 aromatic heterocycles. The van der Waals surface area contributed by atoms with Crippen molar-refractivity contribution in [3.8, 4) is 11.3 Å². The minimum absolute atomic E-state index is 0.349. The van der Waals surface area contributed by atoms with Crippen LogP contribution < -0.4 is 0 Å². The van der Waals surface area contributed by atoms with Gasteiger partial charge in [0.05, 0.1) is 10.7 Å². The van der Waals surface area contributed by atoms with Gasteiger partial charge in [0.1, 0.15) is 5.82 Å². The first-order chi connectivity index (χ1) is 7.61. The topological polar surface area (TPSA) is 17.8 Å². The molecule has 0 saturated heterocycles. The van der Waals surface area contributed by atoms with E-state index in [0.29, 0.717) is 16.3 Å². The van der Waals surface area contributed by atoms with Crippen LogP contribution in [-0.2, 0) is 7.05 Å². The lowest BCUT2D eigenvalue weighted by molar-refractivity contribution is 0.629. The largest absolute Gasteiger partial charge is 0.262 e. The maximum Gasteiger partial charge on any atom is 0.134 e. The lowest BCUT2D eigenvalue weighted by Gasteiger charge is -1.99. The van der Waals surface area contributed by atoms with Crippen LogP contribution in [0.2, 0.25) is 5.02 Å². The van der Waals surface area contributed by atoms with Gasteiger partial charge in [0.2, 0.25) is 0 Å². The van der Waals surface area contributed by atoms with Crippen molar-refractivity contribution in [2.24, 2.45) is 7.05 Å². The second-order valence-corrected chi connectivity index (χ2v) is 4.58. The van der Waals surface area contributed by atoms with Crippen LogP contribution in [0.4, 0.5) is 4.39 Å². The second kappa shape index (κ2) is 4.47. The number of aryl methyl sites for hydroxylation is 1. The van der Waals surface area contributed by atoms with E-state index in [1.54, 1.807) is 28.6 Å². The van der Waals surface area contributed by atoms with Crippen molar-refractivity contribution in [3.63, 3.8) is 0 Å². The van der Waals surface area contributed by atoms with Gasteiger partial charge in [0.15, 0.2) is 0 Å². The summed E-state index contributed by atoms with van der Waals surface area (Å²) < 4.78 is 15.4. The molecule has 84 valence electrons. The minimum Gasteiger partial charge on any atom is -0.262 e. The summed E-state index contributed by atoms with van der Waals surface area (Å²) in [5.74, 6) is -0.349. The van der Waals surface area contributed by atoms with Gasteiger partial charge in [-0.05, 0) is 30.5 Å². The van der Waals surface area contributed by atoms with Gasteiger partial charge in [0, 0.05) is 17.6 Å². The van der Waals surface area contributed by atoms with Crippen molar-refractivity contribution < 1.29 is 4.39 Å². The number of hydrogen-bond acceptors (Lipinski definition) is 2. The van der Waals surface area contributed by atoms with Crippen molar-refractivity contribution in [1.29, 1.82) is 0 Å². The van der Waals surface area contributed by atoms with Crippen LogP contribution in [0.15, 0.2) is 29.3 Å². The summed E-state index contributed by atoms with van der Waals surface area (Å²) in [7, 11) is 1.84. The summed E-state index contributed by atoms with van der Waals surface area (Å²) in [6.45, 7) is 0. The predicted molar refractivity (Wildman–Crippen MR) is 65.4 cm³/mol. The maximum atomic E-state index is 13.6. The van der Waals surface area contributed by atoms with Crippen molar-refractivity contribution in [1.82, 2.24) is 9.78 Å². The number of hydrogen-bond donors (Lipinski definition) is 0. The van der Waals surface area contributed by atoms with Crippen molar-refractivity contribution >= 4 is 23.4 Å². The monoisotopic (exact) mass is 256 g/mol. The number of aromatic nitrogens is 2. The fourth-order valence-corrected chi connectivity index (χ4v) is 2.16. The average Bonchev–Trinajstić information content (AvgIpc) is 2.59. The zero-order valence-electron chi connectivity index (χ0n) is 8.87. The summed E-state index contributed by atoms with van der Waals surface area (Å²) in [5, 5.41) is 5.64. The SMILES string of the molecule is CSc1cc(-c2ccc(Cl)cc2F)nn1C. The van der Waals surface area contributed by atoms with E-state index in [1.807, 2.05) is 19.4 Å². The van der Waals surface area contributed by atoms with E-state index in [-0.39, 0.29) is 5.82 Å². The zero-order valence-corrected chi connectivity index (χ0v) is 10.4. The highest BCUT2D eigenvalue weighted by atomic mass is 35.5. The third kappa shape index (κ3) is 2.08. The highest BCUT2D eigenvalue weighted by molar-refractivity contribution is 7.98. The Labute approximate surface area is 102 Å². The Morgan fingerprint density at radius 2 is 2.12 bits per heavy atom. The summed E-state index contributed by atoms with van der Waals surface area (Å²) in [4.78, 5) is 0. The van der Waals surface area contributed by atoms with Crippen molar-refractivity contribution in [3.05, 3.63) is 35.1 Å². The molecule has 0 aliphatic rings.